The summed E-state index contributed by atoms with van der Waals surface area (Å²) in [5.74, 6) is 5.42. The molecule has 0 bridgehead atoms. The van der Waals surface area contributed by atoms with Gasteiger partial charge >= 0.3 is 5.97 Å². The van der Waals surface area contributed by atoms with Crippen molar-refractivity contribution >= 4 is 28.5 Å². The van der Waals surface area contributed by atoms with Crippen molar-refractivity contribution in [2.24, 2.45) is 11.8 Å². The number of fused-ring (bicyclic) bond motifs is 1. The van der Waals surface area contributed by atoms with Crippen molar-refractivity contribution in [2.45, 2.75) is 25.4 Å². The number of benzene rings is 2. The summed E-state index contributed by atoms with van der Waals surface area (Å²) in [6.07, 6.45) is 1.89. The van der Waals surface area contributed by atoms with Crippen LogP contribution < -0.4 is 4.74 Å². The lowest BCUT2D eigenvalue weighted by molar-refractivity contribution is -0.146. The van der Waals surface area contributed by atoms with Gasteiger partial charge in [0.15, 0.2) is 0 Å². The smallest absolute Gasteiger partial charge is 0.308 e. The molecule has 2 aromatic carbocycles. The Hall–Kier alpha value is -3.14. The minimum Gasteiger partial charge on any atom is -0.497 e. The van der Waals surface area contributed by atoms with Gasteiger partial charge in [0.1, 0.15) is 11.9 Å². The second-order valence-electron chi connectivity index (χ2n) is 8.87. The largest absolute Gasteiger partial charge is 0.497 e. The van der Waals surface area contributed by atoms with Crippen LogP contribution in [0, 0.1) is 23.7 Å². The van der Waals surface area contributed by atoms with Gasteiger partial charge in [0.25, 0.3) is 0 Å². The maximum Gasteiger partial charge on any atom is 0.308 e. The van der Waals surface area contributed by atoms with Crippen molar-refractivity contribution in [3.63, 3.8) is 0 Å². The minimum atomic E-state index is -1.20. The third kappa shape index (κ3) is 6.30. The van der Waals surface area contributed by atoms with Crippen LogP contribution in [0.1, 0.15) is 36.6 Å². The summed E-state index contributed by atoms with van der Waals surface area (Å²) in [5.41, 5.74) is 2.15. The molecule has 0 radical (unpaired) electrons. The fraction of sp³-hybridized carbons (Fsp3) is 0.357. The number of hydrogen-bond donors (Lipinski definition) is 1. The van der Waals surface area contributed by atoms with Gasteiger partial charge in [0, 0.05) is 28.7 Å². The molecular weight excluding hydrogens is 467 g/mol. The molecule has 1 N–H and O–H groups in total. The van der Waals surface area contributed by atoms with E-state index in [-0.39, 0.29) is 12.3 Å². The van der Waals surface area contributed by atoms with E-state index < -0.39 is 18.1 Å². The molecule has 7 heteroatoms. The molecular formula is C28H28ClFN2O3. The van der Waals surface area contributed by atoms with Crippen LogP contribution in [0.2, 0.25) is 5.02 Å². The molecule has 182 valence electrons. The van der Waals surface area contributed by atoms with Crippen LogP contribution in [-0.4, -0.2) is 47.7 Å². The first kappa shape index (κ1) is 25.0. The van der Waals surface area contributed by atoms with Crippen LogP contribution in [0.4, 0.5) is 4.39 Å². The van der Waals surface area contributed by atoms with Crippen molar-refractivity contribution in [1.29, 1.82) is 0 Å². The number of ether oxygens (including phenoxy) is 1. The molecule has 1 fully saturated rings. The zero-order chi connectivity index (χ0) is 24.8. The highest BCUT2D eigenvalue weighted by Crippen LogP contribution is 2.35. The Bertz CT molecular complexity index is 1240. The van der Waals surface area contributed by atoms with Gasteiger partial charge in [0.2, 0.25) is 0 Å². The molecule has 3 atom stereocenters. The Balaban J connectivity index is 1.37. The fourth-order valence-electron chi connectivity index (χ4n) is 4.69. The number of carbonyl (C=O) groups is 1. The summed E-state index contributed by atoms with van der Waals surface area (Å²) in [5, 5.41) is 11.2. The number of hydrogen-bond acceptors (Lipinski definition) is 4. The summed E-state index contributed by atoms with van der Waals surface area (Å²) in [4.78, 5) is 18.4. The number of aromatic nitrogens is 1. The standard InChI is InChI=1S/C28H28ClFN2O3/c1-35-22-9-11-27-24(17-22)23(12-14-31-27)26(30)10-6-20-13-16-32(18-25(20)28(33)34)15-2-3-19-4-7-21(29)8-5-19/h4-5,7-9,11-12,14,17,20,25-26H,6,10,13,15-16,18H2,1H3,(H,33,34)/t20-,25+,26?/m1/s1. The minimum absolute atomic E-state index is 0.0751. The third-order valence-corrected chi connectivity index (χ3v) is 6.90. The summed E-state index contributed by atoms with van der Waals surface area (Å²) >= 11 is 5.90. The van der Waals surface area contributed by atoms with Crippen molar-refractivity contribution < 1.29 is 19.0 Å². The van der Waals surface area contributed by atoms with Crippen LogP contribution in [0.5, 0.6) is 5.75 Å². The maximum atomic E-state index is 15.4. The molecule has 1 saturated heterocycles. The Kier molecular flexibility index (Phi) is 8.22. The number of likely N-dealkylation sites (tertiary alicyclic amines) is 1. The Morgan fingerprint density at radius 3 is 2.83 bits per heavy atom. The van der Waals surface area contributed by atoms with E-state index in [1.165, 1.54) is 0 Å². The second-order valence-corrected chi connectivity index (χ2v) is 9.30. The van der Waals surface area contributed by atoms with Crippen molar-refractivity contribution in [2.75, 3.05) is 26.7 Å². The highest BCUT2D eigenvalue weighted by Gasteiger charge is 2.34. The molecule has 1 aromatic heterocycles. The molecule has 1 aliphatic heterocycles. The van der Waals surface area contributed by atoms with Crippen LogP contribution >= 0.6 is 11.6 Å². The Morgan fingerprint density at radius 1 is 1.29 bits per heavy atom. The molecule has 4 rings (SSSR count). The SMILES string of the molecule is COc1ccc2nccc(C(F)CC[C@@H]3CCN(CC#Cc4ccc(Cl)cc4)C[C@@H]3C(=O)O)c2c1. The summed E-state index contributed by atoms with van der Waals surface area (Å²) in [7, 11) is 1.58. The molecule has 1 aliphatic rings. The summed E-state index contributed by atoms with van der Waals surface area (Å²) in [6, 6.07) is 14.4. The van der Waals surface area contributed by atoms with Crippen LogP contribution in [0.25, 0.3) is 10.9 Å². The summed E-state index contributed by atoms with van der Waals surface area (Å²) in [6.45, 7) is 1.66. The van der Waals surface area contributed by atoms with E-state index in [1.54, 1.807) is 43.6 Å². The van der Waals surface area contributed by atoms with Crippen molar-refractivity contribution in [3.8, 4) is 17.6 Å². The zero-order valence-corrected chi connectivity index (χ0v) is 20.3. The van der Waals surface area contributed by atoms with E-state index in [9.17, 15) is 9.90 Å². The number of methoxy groups -OCH3 is 1. The van der Waals surface area contributed by atoms with Gasteiger partial charge in [0.05, 0.1) is 25.1 Å². The first-order valence-corrected chi connectivity index (χ1v) is 12.1. The fourth-order valence-corrected chi connectivity index (χ4v) is 4.81. The first-order chi connectivity index (χ1) is 16.9. The van der Waals surface area contributed by atoms with E-state index in [1.807, 2.05) is 18.2 Å². The van der Waals surface area contributed by atoms with Gasteiger partial charge < -0.3 is 9.84 Å². The molecule has 5 nitrogen and oxygen atoms in total. The topological polar surface area (TPSA) is 62.7 Å². The van der Waals surface area contributed by atoms with Crippen molar-refractivity contribution in [3.05, 3.63) is 70.9 Å². The first-order valence-electron chi connectivity index (χ1n) is 11.7. The van der Waals surface area contributed by atoms with Crippen LogP contribution in [-0.2, 0) is 4.79 Å². The Morgan fingerprint density at radius 2 is 2.09 bits per heavy atom. The quantitative estimate of drug-likeness (QED) is 0.423. The summed E-state index contributed by atoms with van der Waals surface area (Å²) < 4.78 is 20.6. The predicted molar refractivity (Wildman–Crippen MR) is 135 cm³/mol. The monoisotopic (exact) mass is 494 g/mol. The maximum absolute atomic E-state index is 15.4. The predicted octanol–water partition coefficient (Wildman–Crippen LogP) is 5.76. The van der Waals surface area contributed by atoms with E-state index >= 15 is 4.39 Å². The molecule has 0 spiro atoms. The van der Waals surface area contributed by atoms with Gasteiger partial charge in [-0.3, -0.25) is 14.7 Å². The molecule has 35 heavy (non-hydrogen) atoms. The number of carboxylic acids is 1. The highest BCUT2D eigenvalue weighted by molar-refractivity contribution is 6.30. The van der Waals surface area contributed by atoms with E-state index in [2.05, 4.69) is 21.7 Å². The van der Waals surface area contributed by atoms with E-state index in [0.29, 0.717) is 47.8 Å². The van der Waals surface area contributed by atoms with Gasteiger partial charge in [-0.05, 0) is 85.8 Å². The number of carboxylic acid groups (broad SMARTS) is 1. The number of piperidine rings is 1. The third-order valence-electron chi connectivity index (χ3n) is 6.65. The molecule has 0 amide bonds. The number of nitrogens with zero attached hydrogens (tertiary/aromatic N) is 2. The molecule has 0 aliphatic carbocycles. The molecule has 3 aromatic rings. The highest BCUT2D eigenvalue weighted by atomic mass is 35.5. The zero-order valence-electron chi connectivity index (χ0n) is 19.6. The lowest BCUT2D eigenvalue weighted by atomic mass is 9.81. The normalized spacial score (nSPS) is 19.1. The number of alkyl halides is 1. The molecule has 1 unspecified atom stereocenters. The van der Waals surface area contributed by atoms with Gasteiger partial charge in [-0.1, -0.05) is 23.4 Å². The van der Waals surface area contributed by atoms with Gasteiger partial charge in [-0.15, -0.1) is 0 Å². The number of halogens is 2. The lowest BCUT2D eigenvalue weighted by Crippen LogP contribution is -2.44. The second kappa shape index (κ2) is 11.5. The number of pyridine rings is 1. The average Bonchev–Trinajstić information content (AvgIpc) is 2.88. The molecule has 0 saturated carbocycles. The Labute approximate surface area is 209 Å². The molecule has 2 heterocycles. The number of rotatable bonds is 7. The average molecular weight is 495 g/mol. The number of aliphatic carboxylic acids is 1. The van der Waals surface area contributed by atoms with Gasteiger partial charge in [-0.2, -0.15) is 0 Å². The lowest BCUT2D eigenvalue weighted by Gasteiger charge is -2.35. The van der Waals surface area contributed by atoms with E-state index in [0.717, 1.165) is 17.5 Å². The van der Waals surface area contributed by atoms with Crippen LogP contribution in [0.3, 0.4) is 0 Å². The van der Waals surface area contributed by atoms with Crippen molar-refractivity contribution in [1.82, 2.24) is 9.88 Å². The van der Waals surface area contributed by atoms with E-state index in [4.69, 9.17) is 16.3 Å². The van der Waals surface area contributed by atoms with Gasteiger partial charge in [-0.25, -0.2) is 4.39 Å². The van der Waals surface area contributed by atoms with Crippen LogP contribution in [0.15, 0.2) is 54.7 Å².